The van der Waals surface area contributed by atoms with E-state index in [1.807, 2.05) is 12.1 Å². The monoisotopic (exact) mass is 263 g/mol. The third-order valence-electron chi connectivity index (χ3n) is 3.36. The molecule has 0 spiro atoms. The van der Waals surface area contributed by atoms with Gasteiger partial charge in [-0.3, -0.25) is 10.1 Å². The van der Waals surface area contributed by atoms with Crippen LogP contribution in [0.25, 0.3) is 0 Å². The van der Waals surface area contributed by atoms with Crippen LogP contribution in [0.1, 0.15) is 31.2 Å². The second-order valence-electron chi connectivity index (χ2n) is 4.62. The first-order valence-corrected chi connectivity index (χ1v) is 6.30. The van der Waals surface area contributed by atoms with Gasteiger partial charge in [0.05, 0.1) is 11.0 Å². The first-order valence-electron chi connectivity index (χ1n) is 6.30. The van der Waals surface area contributed by atoms with Gasteiger partial charge in [-0.1, -0.05) is 19.1 Å². The highest BCUT2D eigenvalue weighted by atomic mass is 16.6. The van der Waals surface area contributed by atoms with Crippen molar-refractivity contribution >= 4 is 11.7 Å². The average molecular weight is 263 g/mol. The smallest absolute Gasteiger partial charge is 0.282 e. The molecular formula is C13H17N3O3. The number of hydrogen-bond donors (Lipinski definition) is 1. The second kappa shape index (κ2) is 5.69. The molecule has 6 heteroatoms. The lowest BCUT2D eigenvalue weighted by Gasteiger charge is -2.17. The number of amidine groups is 1. The molecule has 2 atom stereocenters. The number of benzene rings is 1. The Morgan fingerprint density at radius 3 is 2.68 bits per heavy atom. The fourth-order valence-corrected chi connectivity index (χ4v) is 2.29. The average Bonchev–Trinajstić information content (AvgIpc) is 2.81. The van der Waals surface area contributed by atoms with Crippen molar-refractivity contribution in [2.75, 3.05) is 6.61 Å². The van der Waals surface area contributed by atoms with Crippen LogP contribution in [-0.4, -0.2) is 23.6 Å². The molecule has 1 aromatic rings. The molecule has 0 bridgehead atoms. The van der Waals surface area contributed by atoms with Gasteiger partial charge in [0.15, 0.2) is 0 Å². The first-order chi connectivity index (χ1) is 9.10. The minimum atomic E-state index is -0.388. The normalized spacial score (nSPS) is 19.6. The highest BCUT2D eigenvalue weighted by molar-refractivity contribution is 5.73. The number of hydrogen-bond acceptors (Lipinski definition) is 5. The Hall–Kier alpha value is -2.11. The second-order valence-corrected chi connectivity index (χ2v) is 4.62. The van der Waals surface area contributed by atoms with Crippen LogP contribution in [-0.2, 0) is 4.74 Å². The van der Waals surface area contributed by atoms with Crippen LogP contribution >= 0.6 is 0 Å². The van der Waals surface area contributed by atoms with Crippen molar-refractivity contribution in [3.05, 3.63) is 39.9 Å². The van der Waals surface area contributed by atoms with Gasteiger partial charge in [0.2, 0.25) is 0 Å². The quantitative estimate of drug-likeness (QED) is 0.651. The van der Waals surface area contributed by atoms with Crippen LogP contribution in [0.3, 0.4) is 0 Å². The Labute approximate surface area is 111 Å². The minimum absolute atomic E-state index is 0.0835. The number of nitrogens with two attached hydrogens (primary N) is 1. The van der Waals surface area contributed by atoms with Crippen LogP contribution in [0.5, 0.6) is 0 Å². The fraction of sp³-hybridized carbons (Fsp3) is 0.462. The molecule has 2 N–H and O–H groups in total. The summed E-state index contributed by atoms with van der Waals surface area (Å²) >= 11 is 0. The molecule has 1 heterocycles. The highest BCUT2D eigenvalue weighted by Crippen LogP contribution is 2.28. The Bertz CT molecular complexity index is 484. The van der Waals surface area contributed by atoms with Gasteiger partial charge in [-0.15, -0.1) is 0 Å². The summed E-state index contributed by atoms with van der Waals surface area (Å²) in [5.74, 6) is 0.309. The van der Waals surface area contributed by atoms with Gasteiger partial charge in [-0.25, -0.2) is 4.99 Å². The van der Waals surface area contributed by atoms with Crippen LogP contribution in [0.2, 0.25) is 0 Å². The van der Waals surface area contributed by atoms with E-state index in [1.165, 1.54) is 0 Å². The molecule has 0 saturated carbocycles. The predicted molar refractivity (Wildman–Crippen MR) is 72.1 cm³/mol. The van der Waals surface area contributed by atoms with E-state index in [1.54, 1.807) is 12.1 Å². The minimum Gasteiger partial charge on any atom is -0.463 e. The van der Waals surface area contributed by atoms with E-state index in [9.17, 15) is 10.1 Å². The summed E-state index contributed by atoms with van der Waals surface area (Å²) in [5.41, 5.74) is 6.69. The number of ether oxygens (including phenoxy) is 1. The number of non-ortho nitro benzene ring substituents is 1. The van der Waals surface area contributed by atoms with E-state index in [-0.39, 0.29) is 22.7 Å². The van der Waals surface area contributed by atoms with E-state index in [0.717, 1.165) is 18.4 Å². The van der Waals surface area contributed by atoms with E-state index in [2.05, 4.69) is 11.9 Å². The summed E-state index contributed by atoms with van der Waals surface area (Å²) < 4.78 is 5.14. The number of nitrogens with zero attached hydrogens (tertiary/aromatic N) is 2. The van der Waals surface area contributed by atoms with Gasteiger partial charge in [0.25, 0.3) is 11.7 Å². The van der Waals surface area contributed by atoms with Crippen molar-refractivity contribution in [2.24, 2.45) is 10.7 Å². The third kappa shape index (κ3) is 3.21. The number of nitro groups is 1. The molecule has 0 saturated heterocycles. The summed E-state index contributed by atoms with van der Waals surface area (Å²) in [6, 6.07) is 7.05. The summed E-state index contributed by atoms with van der Waals surface area (Å²) in [7, 11) is 0. The number of aliphatic imine (C=N–C) groups is 1. The maximum absolute atomic E-state index is 10.6. The summed E-state index contributed by atoms with van der Waals surface area (Å²) in [6.07, 6.45) is 1.79. The van der Waals surface area contributed by atoms with Crippen molar-refractivity contribution in [1.82, 2.24) is 0 Å². The summed E-state index contributed by atoms with van der Waals surface area (Å²) in [5, 5.41) is 10.6. The molecule has 0 amide bonds. The lowest BCUT2D eigenvalue weighted by Crippen LogP contribution is -2.12. The molecule has 2 rings (SSSR count). The topological polar surface area (TPSA) is 90.8 Å². The third-order valence-corrected chi connectivity index (χ3v) is 3.36. The molecule has 1 aromatic carbocycles. The molecule has 0 fully saturated rings. The van der Waals surface area contributed by atoms with Crippen molar-refractivity contribution in [3.63, 3.8) is 0 Å². The van der Waals surface area contributed by atoms with Crippen molar-refractivity contribution < 1.29 is 9.66 Å². The van der Waals surface area contributed by atoms with Gasteiger partial charge >= 0.3 is 0 Å². The molecular weight excluding hydrogens is 246 g/mol. The van der Waals surface area contributed by atoms with Crippen molar-refractivity contribution in [3.8, 4) is 0 Å². The molecule has 19 heavy (non-hydrogen) atoms. The summed E-state index contributed by atoms with van der Waals surface area (Å²) in [6.45, 7) is 2.62. The molecule has 0 radical (unpaired) electrons. The zero-order valence-electron chi connectivity index (χ0n) is 10.8. The van der Waals surface area contributed by atoms with Crippen LogP contribution < -0.4 is 5.73 Å². The van der Waals surface area contributed by atoms with Gasteiger partial charge in [0, 0.05) is 12.1 Å². The van der Waals surface area contributed by atoms with Crippen molar-refractivity contribution in [1.29, 1.82) is 0 Å². The highest BCUT2D eigenvalue weighted by Gasteiger charge is 2.22. The molecule has 1 aliphatic heterocycles. The molecule has 1 aliphatic rings. The van der Waals surface area contributed by atoms with E-state index < -0.39 is 0 Å². The molecule has 102 valence electrons. The Kier molecular flexibility index (Phi) is 3.99. The largest absolute Gasteiger partial charge is 0.463 e. The van der Waals surface area contributed by atoms with Crippen LogP contribution in [0, 0.1) is 10.1 Å². The van der Waals surface area contributed by atoms with E-state index >= 15 is 0 Å². The lowest BCUT2D eigenvalue weighted by molar-refractivity contribution is -0.384. The van der Waals surface area contributed by atoms with E-state index in [4.69, 9.17) is 10.5 Å². The maximum Gasteiger partial charge on any atom is 0.282 e. The van der Waals surface area contributed by atoms with Crippen LogP contribution in [0.4, 0.5) is 5.69 Å². The molecule has 0 aliphatic carbocycles. The molecule has 2 unspecified atom stereocenters. The predicted octanol–water partition coefficient (Wildman–Crippen LogP) is 2.19. The fourth-order valence-electron chi connectivity index (χ4n) is 2.29. The lowest BCUT2D eigenvalue weighted by atomic mass is 9.90. The Morgan fingerprint density at radius 2 is 2.21 bits per heavy atom. The Morgan fingerprint density at radius 1 is 1.53 bits per heavy atom. The zero-order chi connectivity index (χ0) is 13.8. The SMILES string of the molecule is CCC(CC1COC(N)=N1)c1ccc([N+](=O)[O-])cc1. The molecule has 0 aromatic heterocycles. The number of nitro benzene ring substituents is 1. The zero-order valence-corrected chi connectivity index (χ0v) is 10.8. The maximum atomic E-state index is 10.6. The first kappa shape index (κ1) is 13.3. The van der Waals surface area contributed by atoms with Gasteiger partial charge < -0.3 is 10.5 Å². The van der Waals surface area contributed by atoms with Gasteiger partial charge in [-0.05, 0) is 24.3 Å². The van der Waals surface area contributed by atoms with Gasteiger partial charge in [-0.2, -0.15) is 0 Å². The Balaban J connectivity index is 2.06. The number of rotatable bonds is 5. The standard InChI is InChI=1S/C13H17N3O3/c1-2-9(7-11-8-19-13(14)15-11)10-3-5-12(6-4-10)16(17)18/h3-6,9,11H,2,7-8H2,1H3,(H2,14,15). The van der Waals surface area contributed by atoms with Gasteiger partial charge in [0.1, 0.15) is 6.61 Å². The summed E-state index contributed by atoms with van der Waals surface area (Å²) in [4.78, 5) is 14.4. The van der Waals surface area contributed by atoms with Crippen molar-refractivity contribution in [2.45, 2.75) is 31.7 Å². The van der Waals surface area contributed by atoms with E-state index in [0.29, 0.717) is 12.5 Å². The van der Waals surface area contributed by atoms with Crippen LogP contribution in [0.15, 0.2) is 29.3 Å². The molecule has 6 nitrogen and oxygen atoms in total.